The van der Waals surface area contributed by atoms with Crippen molar-refractivity contribution >= 4 is 16.9 Å². The fraction of sp³-hybridized carbons (Fsp3) is 0.458. The van der Waals surface area contributed by atoms with Crippen LogP contribution >= 0.6 is 0 Å². The van der Waals surface area contributed by atoms with E-state index < -0.39 is 0 Å². The molecule has 1 aliphatic heterocycles. The van der Waals surface area contributed by atoms with Crippen LogP contribution in [0.2, 0.25) is 0 Å². The molecule has 1 amide bonds. The van der Waals surface area contributed by atoms with Crippen LogP contribution in [0.15, 0.2) is 45.4 Å². The zero-order valence-corrected chi connectivity index (χ0v) is 17.2. The number of amides is 1. The van der Waals surface area contributed by atoms with Crippen LogP contribution in [0.4, 0.5) is 0 Å². The van der Waals surface area contributed by atoms with E-state index >= 15 is 0 Å². The molecule has 158 valence electrons. The summed E-state index contributed by atoms with van der Waals surface area (Å²) >= 11 is 0. The number of hydrogen-bond acceptors (Lipinski definition) is 4. The largest absolute Gasteiger partial charge is 0.484 e. The average Bonchev–Trinajstić information content (AvgIpc) is 3.53. The summed E-state index contributed by atoms with van der Waals surface area (Å²) < 4.78 is 17.4. The Labute approximate surface area is 176 Å². The quantitative estimate of drug-likeness (QED) is 0.630. The van der Waals surface area contributed by atoms with Gasteiger partial charge in [0.15, 0.2) is 18.4 Å². The highest BCUT2D eigenvalue weighted by atomic mass is 16.5. The third-order valence-electron chi connectivity index (χ3n) is 6.43. The minimum Gasteiger partial charge on any atom is -0.484 e. The van der Waals surface area contributed by atoms with Crippen molar-refractivity contribution in [3.63, 3.8) is 0 Å². The van der Waals surface area contributed by atoms with Crippen molar-refractivity contribution < 1.29 is 23.3 Å². The monoisotopic (exact) mass is 409 g/mol. The van der Waals surface area contributed by atoms with Crippen LogP contribution in [0.5, 0.6) is 5.75 Å². The lowest BCUT2D eigenvalue weighted by molar-refractivity contribution is -0.919. The number of carbonyl (C=O) groups excluding carboxylic acids is 1. The molecule has 6 heteroatoms. The summed E-state index contributed by atoms with van der Waals surface area (Å²) in [5.41, 5.74) is 2.22. The predicted octanol–water partition coefficient (Wildman–Crippen LogP) is 2.82. The molecule has 0 unspecified atom stereocenters. The summed E-state index contributed by atoms with van der Waals surface area (Å²) in [6, 6.07) is 9.90. The Bertz CT molecular complexity index is 1000. The van der Waals surface area contributed by atoms with E-state index in [2.05, 4.69) is 5.32 Å². The first-order chi connectivity index (χ1) is 14.8. The molecule has 1 saturated heterocycles. The van der Waals surface area contributed by atoms with Gasteiger partial charge < -0.3 is 23.8 Å². The van der Waals surface area contributed by atoms with Gasteiger partial charge >= 0.3 is 0 Å². The summed E-state index contributed by atoms with van der Waals surface area (Å²) in [7, 11) is 0. The molecule has 0 bridgehead atoms. The molecule has 1 aromatic carbocycles. The van der Waals surface area contributed by atoms with Gasteiger partial charge in [0.2, 0.25) is 0 Å². The van der Waals surface area contributed by atoms with Crippen molar-refractivity contribution in [2.45, 2.75) is 44.6 Å². The highest BCUT2D eigenvalue weighted by molar-refractivity contribution is 5.84. The van der Waals surface area contributed by atoms with Crippen LogP contribution < -0.4 is 15.0 Å². The molecular weight excluding hydrogens is 380 g/mol. The second kappa shape index (κ2) is 8.56. The topological polar surface area (TPSA) is 69.0 Å². The molecule has 30 heavy (non-hydrogen) atoms. The third-order valence-corrected chi connectivity index (χ3v) is 6.43. The van der Waals surface area contributed by atoms with Crippen LogP contribution in [-0.2, 0) is 17.6 Å². The molecule has 3 aromatic rings. The fourth-order valence-corrected chi connectivity index (χ4v) is 4.86. The van der Waals surface area contributed by atoms with E-state index in [-0.39, 0.29) is 18.6 Å². The first-order valence-electron chi connectivity index (χ1n) is 11.1. The second-order valence-corrected chi connectivity index (χ2v) is 8.39. The minimum absolute atomic E-state index is 0.00571. The predicted molar refractivity (Wildman–Crippen MR) is 113 cm³/mol. The van der Waals surface area contributed by atoms with Gasteiger partial charge in [-0.05, 0) is 49.6 Å². The van der Waals surface area contributed by atoms with E-state index in [1.807, 2.05) is 30.3 Å². The van der Waals surface area contributed by atoms with Crippen molar-refractivity contribution in [2.75, 3.05) is 26.2 Å². The Morgan fingerprint density at radius 1 is 1.13 bits per heavy atom. The third kappa shape index (κ3) is 3.97. The van der Waals surface area contributed by atoms with E-state index in [9.17, 15) is 4.79 Å². The summed E-state index contributed by atoms with van der Waals surface area (Å²) in [5.74, 6) is 2.64. The Hall–Kier alpha value is -2.73. The Balaban J connectivity index is 1.19. The number of benzene rings is 1. The number of quaternary nitrogens is 1. The van der Waals surface area contributed by atoms with Crippen molar-refractivity contribution in [3.8, 4) is 5.75 Å². The number of fused-ring (bicyclic) bond motifs is 3. The number of hydrogen-bond donors (Lipinski definition) is 2. The van der Waals surface area contributed by atoms with Gasteiger partial charge in [-0.15, -0.1) is 0 Å². The number of carbonyl (C=O) groups is 1. The second-order valence-electron chi connectivity index (χ2n) is 8.39. The Morgan fingerprint density at radius 3 is 2.83 bits per heavy atom. The highest BCUT2D eigenvalue weighted by Crippen LogP contribution is 2.33. The summed E-state index contributed by atoms with van der Waals surface area (Å²) in [6.07, 6.45) is 8.61. The van der Waals surface area contributed by atoms with Gasteiger partial charge in [0.1, 0.15) is 17.1 Å². The zero-order chi connectivity index (χ0) is 20.3. The molecule has 0 radical (unpaired) electrons. The smallest absolute Gasteiger partial charge is 0.258 e. The molecule has 0 spiro atoms. The average molecular weight is 410 g/mol. The van der Waals surface area contributed by atoms with E-state index in [4.69, 9.17) is 13.6 Å². The Morgan fingerprint density at radius 2 is 2.00 bits per heavy atom. The summed E-state index contributed by atoms with van der Waals surface area (Å²) in [5, 5.41) is 4.16. The summed E-state index contributed by atoms with van der Waals surface area (Å²) in [4.78, 5) is 13.9. The lowest BCUT2D eigenvalue weighted by Crippen LogP contribution is -3.11. The number of nitrogens with one attached hydrogen (secondary N) is 2. The maximum atomic E-state index is 12.5. The lowest BCUT2D eigenvalue weighted by Gasteiger charge is -2.23. The van der Waals surface area contributed by atoms with Gasteiger partial charge in [-0.3, -0.25) is 4.79 Å². The fourth-order valence-electron chi connectivity index (χ4n) is 4.86. The maximum Gasteiger partial charge on any atom is 0.258 e. The molecule has 2 aliphatic rings. The van der Waals surface area contributed by atoms with Crippen LogP contribution in [0.25, 0.3) is 11.0 Å². The maximum absolute atomic E-state index is 12.5. The molecule has 0 saturated carbocycles. The standard InChI is InChI=1S/C24H28N2O4/c27-24(25-15-20(23-8-5-13-28-23)26-11-3-4-12-26)16-29-17-9-10-22-19(14-17)18-6-1-2-7-21(18)30-22/h5,8-10,13-14,20H,1-4,6-7,11-12,15-16H2,(H,25,27)/p+1/t20-/m1/s1. The van der Waals surface area contributed by atoms with Crippen molar-refractivity contribution in [1.29, 1.82) is 0 Å². The van der Waals surface area contributed by atoms with Crippen LogP contribution in [-0.4, -0.2) is 32.1 Å². The van der Waals surface area contributed by atoms with Gasteiger partial charge in [-0.1, -0.05) is 0 Å². The first-order valence-corrected chi connectivity index (χ1v) is 11.1. The highest BCUT2D eigenvalue weighted by Gasteiger charge is 2.29. The number of rotatable bonds is 7. The number of likely N-dealkylation sites (tertiary alicyclic amines) is 1. The van der Waals surface area contributed by atoms with Crippen LogP contribution in [0.3, 0.4) is 0 Å². The molecular formula is C24H29N2O4+. The van der Waals surface area contributed by atoms with Crippen molar-refractivity contribution in [1.82, 2.24) is 5.32 Å². The lowest BCUT2D eigenvalue weighted by atomic mass is 9.96. The van der Waals surface area contributed by atoms with Gasteiger partial charge in [0, 0.05) is 30.2 Å². The van der Waals surface area contributed by atoms with Crippen molar-refractivity contribution in [2.24, 2.45) is 0 Å². The summed E-state index contributed by atoms with van der Waals surface area (Å²) in [6.45, 7) is 2.80. The van der Waals surface area contributed by atoms with E-state index in [1.165, 1.54) is 36.1 Å². The number of furan rings is 2. The number of aryl methyl sites for hydroxylation is 2. The molecule has 2 aromatic heterocycles. The van der Waals surface area contributed by atoms with Gasteiger partial charge in [0.25, 0.3) is 5.91 Å². The van der Waals surface area contributed by atoms with E-state index in [0.29, 0.717) is 12.3 Å². The van der Waals surface area contributed by atoms with Gasteiger partial charge in [-0.25, -0.2) is 0 Å². The zero-order valence-electron chi connectivity index (χ0n) is 17.2. The molecule has 1 atom stereocenters. The van der Waals surface area contributed by atoms with Crippen LogP contribution in [0.1, 0.15) is 48.8 Å². The van der Waals surface area contributed by atoms with E-state index in [0.717, 1.165) is 48.4 Å². The van der Waals surface area contributed by atoms with Gasteiger partial charge in [-0.2, -0.15) is 0 Å². The molecule has 5 rings (SSSR count). The van der Waals surface area contributed by atoms with E-state index in [1.54, 1.807) is 6.26 Å². The molecule has 2 N–H and O–H groups in total. The molecule has 6 nitrogen and oxygen atoms in total. The van der Waals surface area contributed by atoms with Crippen LogP contribution in [0, 0.1) is 0 Å². The minimum atomic E-state index is -0.112. The number of ether oxygens (including phenoxy) is 1. The van der Waals surface area contributed by atoms with Gasteiger partial charge in [0.05, 0.1) is 25.9 Å². The molecule has 1 fully saturated rings. The van der Waals surface area contributed by atoms with Crippen molar-refractivity contribution in [3.05, 3.63) is 53.7 Å². The normalized spacial score (nSPS) is 17.7. The Kier molecular flexibility index (Phi) is 5.49. The molecule has 1 aliphatic carbocycles. The SMILES string of the molecule is O=C(COc1ccc2oc3c(c2c1)CCCC3)NC[C@H](c1ccco1)[NH+]1CCCC1. The first kappa shape index (κ1) is 19.2. The molecule has 3 heterocycles.